The van der Waals surface area contributed by atoms with Crippen molar-refractivity contribution in [3.05, 3.63) is 0 Å². The molecule has 0 saturated carbocycles. The SMILES string of the molecule is CCC(C)(O)C#CCOCOCCCl. The van der Waals surface area contributed by atoms with Crippen LogP contribution in [0.15, 0.2) is 0 Å². The standard InChI is InChI=1S/C10H17ClO3/c1-3-10(2,12)5-4-7-13-9-14-8-6-11/h12H,3,6-9H2,1-2H3. The Bertz CT molecular complexity index is 193. The van der Waals surface area contributed by atoms with E-state index in [4.69, 9.17) is 21.1 Å². The van der Waals surface area contributed by atoms with Gasteiger partial charge >= 0.3 is 0 Å². The maximum Gasteiger partial charge on any atom is 0.148 e. The smallest absolute Gasteiger partial charge is 0.148 e. The lowest BCUT2D eigenvalue weighted by molar-refractivity contribution is -0.0365. The second-order valence-electron chi connectivity index (χ2n) is 2.99. The van der Waals surface area contributed by atoms with E-state index < -0.39 is 5.60 Å². The van der Waals surface area contributed by atoms with Crippen molar-refractivity contribution >= 4 is 11.6 Å². The van der Waals surface area contributed by atoms with Gasteiger partial charge in [-0.25, -0.2) is 0 Å². The maximum atomic E-state index is 9.49. The summed E-state index contributed by atoms with van der Waals surface area (Å²) in [4.78, 5) is 0. The molecule has 0 aliphatic carbocycles. The van der Waals surface area contributed by atoms with Gasteiger partial charge in [0.25, 0.3) is 0 Å². The van der Waals surface area contributed by atoms with E-state index in [1.165, 1.54) is 0 Å². The predicted octanol–water partition coefficient (Wildman–Crippen LogP) is 1.38. The minimum absolute atomic E-state index is 0.190. The van der Waals surface area contributed by atoms with E-state index in [1.54, 1.807) is 6.92 Å². The van der Waals surface area contributed by atoms with Crippen LogP contribution in [0.4, 0.5) is 0 Å². The highest BCUT2D eigenvalue weighted by atomic mass is 35.5. The third-order valence-corrected chi connectivity index (χ3v) is 1.76. The molecule has 1 unspecified atom stereocenters. The van der Waals surface area contributed by atoms with Gasteiger partial charge in [-0.05, 0) is 13.3 Å². The van der Waals surface area contributed by atoms with Gasteiger partial charge in [0.05, 0.1) is 6.61 Å². The highest BCUT2D eigenvalue weighted by Crippen LogP contribution is 2.04. The lowest BCUT2D eigenvalue weighted by atomic mass is 10.1. The molecule has 0 radical (unpaired) electrons. The molecule has 14 heavy (non-hydrogen) atoms. The topological polar surface area (TPSA) is 38.7 Å². The molecule has 0 aromatic carbocycles. The molecule has 0 aromatic heterocycles. The molecule has 0 fully saturated rings. The first-order chi connectivity index (χ1) is 6.62. The van der Waals surface area contributed by atoms with Gasteiger partial charge in [-0.3, -0.25) is 0 Å². The molecule has 1 N–H and O–H groups in total. The maximum absolute atomic E-state index is 9.49. The van der Waals surface area contributed by atoms with Crippen molar-refractivity contribution in [3.63, 3.8) is 0 Å². The van der Waals surface area contributed by atoms with Gasteiger partial charge in [0, 0.05) is 5.88 Å². The van der Waals surface area contributed by atoms with Crippen LogP contribution in [-0.4, -0.2) is 36.6 Å². The Kier molecular flexibility index (Phi) is 7.92. The van der Waals surface area contributed by atoms with Crippen LogP contribution in [-0.2, 0) is 9.47 Å². The Balaban J connectivity index is 3.43. The molecule has 1 atom stereocenters. The van der Waals surface area contributed by atoms with Crippen molar-refractivity contribution in [2.45, 2.75) is 25.9 Å². The monoisotopic (exact) mass is 220 g/mol. The Morgan fingerprint density at radius 3 is 2.71 bits per heavy atom. The van der Waals surface area contributed by atoms with Gasteiger partial charge in [-0.1, -0.05) is 18.8 Å². The Hall–Kier alpha value is -0.270. The van der Waals surface area contributed by atoms with E-state index in [0.717, 1.165) is 0 Å². The molecule has 0 rings (SSSR count). The first-order valence-electron chi connectivity index (χ1n) is 4.56. The highest BCUT2D eigenvalue weighted by Gasteiger charge is 2.11. The van der Waals surface area contributed by atoms with E-state index in [2.05, 4.69) is 11.8 Å². The molecule has 82 valence electrons. The highest BCUT2D eigenvalue weighted by molar-refractivity contribution is 6.17. The van der Waals surface area contributed by atoms with Crippen molar-refractivity contribution in [2.75, 3.05) is 25.9 Å². The first kappa shape index (κ1) is 13.7. The second-order valence-corrected chi connectivity index (χ2v) is 3.37. The average Bonchev–Trinajstić information content (AvgIpc) is 2.16. The Morgan fingerprint density at radius 1 is 1.43 bits per heavy atom. The van der Waals surface area contributed by atoms with Gasteiger partial charge in [0.1, 0.15) is 19.0 Å². The summed E-state index contributed by atoms with van der Waals surface area (Å²) in [6.45, 7) is 4.47. The van der Waals surface area contributed by atoms with Gasteiger partial charge in [-0.15, -0.1) is 11.6 Å². The number of ether oxygens (including phenoxy) is 2. The summed E-state index contributed by atoms with van der Waals surface area (Å²) in [5.74, 6) is 5.87. The van der Waals surface area contributed by atoms with Crippen LogP contribution in [0, 0.1) is 11.8 Å². The summed E-state index contributed by atoms with van der Waals surface area (Å²) in [7, 11) is 0. The molecule has 0 aromatic rings. The number of hydrogen-bond donors (Lipinski definition) is 1. The average molecular weight is 221 g/mol. The van der Waals surface area contributed by atoms with Crippen LogP contribution in [0.3, 0.4) is 0 Å². The van der Waals surface area contributed by atoms with E-state index in [1.807, 2.05) is 6.92 Å². The van der Waals surface area contributed by atoms with Crippen LogP contribution < -0.4 is 0 Å². The first-order valence-corrected chi connectivity index (χ1v) is 5.09. The summed E-state index contributed by atoms with van der Waals surface area (Å²) < 4.78 is 9.97. The molecular formula is C10H17ClO3. The van der Waals surface area contributed by atoms with E-state index in [9.17, 15) is 5.11 Å². The molecule has 0 spiro atoms. The normalized spacial score (nSPS) is 14.3. The van der Waals surface area contributed by atoms with Crippen LogP contribution in [0.2, 0.25) is 0 Å². The van der Waals surface area contributed by atoms with Crippen molar-refractivity contribution < 1.29 is 14.6 Å². The third kappa shape index (κ3) is 8.33. The Labute approximate surface area is 90.3 Å². The molecule has 0 bridgehead atoms. The zero-order valence-electron chi connectivity index (χ0n) is 8.68. The van der Waals surface area contributed by atoms with E-state index in [-0.39, 0.29) is 13.4 Å². The molecule has 0 heterocycles. The minimum Gasteiger partial charge on any atom is -0.378 e. The fraction of sp³-hybridized carbons (Fsp3) is 0.800. The molecular weight excluding hydrogens is 204 g/mol. The largest absolute Gasteiger partial charge is 0.378 e. The number of aliphatic hydroxyl groups is 1. The number of halogens is 1. The van der Waals surface area contributed by atoms with Crippen LogP contribution >= 0.6 is 11.6 Å². The van der Waals surface area contributed by atoms with Gasteiger partial charge in [-0.2, -0.15) is 0 Å². The zero-order valence-corrected chi connectivity index (χ0v) is 9.43. The third-order valence-electron chi connectivity index (χ3n) is 1.61. The van der Waals surface area contributed by atoms with Crippen LogP contribution in [0.1, 0.15) is 20.3 Å². The lowest BCUT2D eigenvalue weighted by Crippen LogP contribution is -2.19. The summed E-state index contributed by atoms with van der Waals surface area (Å²) in [5, 5.41) is 9.49. The summed E-state index contributed by atoms with van der Waals surface area (Å²) >= 11 is 5.38. The van der Waals surface area contributed by atoms with Crippen LogP contribution in [0.25, 0.3) is 0 Å². The molecule has 0 amide bonds. The molecule has 0 aliphatic rings. The Morgan fingerprint density at radius 2 is 2.14 bits per heavy atom. The minimum atomic E-state index is -0.916. The zero-order chi connectivity index (χ0) is 10.9. The van der Waals surface area contributed by atoms with Crippen molar-refractivity contribution in [3.8, 4) is 11.8 Å². The molecule has 0 aliphatic heterocycles. The van der Waals surface area contributed by atoms with Crippen molar-refractivity contribution in [1.82, 2.24) is 0 Å². The lowest BCUT2D eigenvalue weighted by Gasteiger charge is -2.11. The quantitative estimate of drug-likeness (QED) is 0.318. The van der Waals surface area contributed by atoms with E-state index in [0.29, 0.717) is 18.9 Å². The van der Waals surface area contributed by atoms with Gasteiger partial charge in [0.15, 0.2) is 0 Å². The summed E-state index contributed by atoms with van der Waals surface area (Å²) in [5.41, 5.74) is -0.916. The number of hydrogen-bond acceptors (Lipinski definition) is 3. The number of rotatable bonds is 6. The van der Waals surface area contributed by atoms with Crippen molar-refractivity contribution in [1.29, 1.82) is 0 Å². The number of alkyl halides is 1. The predicted molar refractivity (Wildman–Crippen MR) is 56.2 cm³/mol. The molecule has 0 saturated heterocycles. The van der Waals surface area contributed by atoms with Crippen molar-refractivity contribution in [2.24, 2.45) is 0 Å². The van der Waals surface area contributed by atoms with E-state index >= 15 is 0 Å². The molecule has 4 heteroatoms. The fourth-order valence-corrected chi connectivity index (χ4v) is 0.689. The fourth-order valence-electron chi connectivity index (χ4n) is 0.580. The van der Waals surface area contributed by atoms with Gasteiger partial charge in [0.2, 0.25) is 0 Å². The summed E-state index contributed by atoms with van der Waals surface area (Å²) in [6.07, 6.45) is 0.600. The summed E-state index contributed by atoms with van der Waals surface area (Å²) in [6, 6.07) is 0. The van der Waals surface area contributed by atoms with Gasteiger partial charge < -0.3 is 14.6 Å². The molecule has 3 nitrogen and oxygen atoms in total. The second kappa shape index (κ2) is 8.07. The van der Waals surface area contributed by atoms with Crippen LogP contribution in [0.5, 0.6) is 0 Å².